The minimum Gasteiger partial charge on any atom is -0.478 e. The van der Waals surface area contributed by atoms with Gasteiger partial charge in [0.05, 0.1) is 10.6 Å². The number of benzene rings is 1. The molecule has 0 atom stereocenters. The van der Waals surface area contributed by atoms with E-state index in [1.807, 2.05) is 6.07 Å². The van der Waals surface area contributed by atoms with E-state index >= 15 is 0 Å². The van der Waals surface area contributed by atoms with Crippen LogP contribution in [0.1, 0.15) is 50.4 Å². The Hall–Kier alpha value is -1.22. The molecular formula is C15H22ClNO2. The van der Waals surface area contributed by atoms with Gasteiger partial charge >= 0.3 is 5.97 Å². The third kappa shape index (κ3) is 4.43. The van der Waals surface area contributed by atoms with E-state index in [-0.39, 0.29) is 5.56 Å². The van der Waals surface area contributed by atoms with Crippen LogP contribution in [0.3, 0.4) is 0 Å². The number of unbranched alkanes of at least 4 members (excludes halogenated alkanes) is 2. The largest absolute Gasteiger partial charge is 0.478 e. The van der Waals surface area contributed by atoms with Crippen LogP contribution in [0.5, 0.6) is 0 Å². The summed E-state index contributed by atoms with van der Waals surface area (Å²) in [6.07, 6.45) is 3.52. The molecule has 0 aliphatic carbocycles. The number of rotatable bonds is 7. The summed E-state index contributed by atoms with van der Waals surface area (Å²) >= 11 is 6.03. The minimum atomic E-state index is -0.987. The predicted molar refractivity (Wildman–Crippen MR) is 80.4 cm³/mol. The normalized spacial score (nSPS) is 10.8. The summed E-state index contributed by atoms with van der Waals surface area (Å²) in [5.74, 6) is -0.987. The highest BCUT2D eigenvalue weighted by atomic mass is 35.5. The number of hydrogen-bond acceptors (Lipinski definition) is 2. The van der Waals surface area contributed by atoms with Gasteiger partial charge in [-0.1, -0.05) is 31.4 Å². The molecule has 0 aliphatic rings. The predicted octanol–water partition coefficient (Wildman–Crippen LogP) is 4.44. The van der Waals surface area contributed by atoms with E-state index in [0.717, 1.165) is 18.7 Å². The number of carbonyl (C=O) groups is 1. The highest BCUT2D eigenvalue weighted by Gasteiger charge is 2.14. The molecule has 1 rings (SSSR count). The zero-order chi connectivity index (χ0) is 14.4. The first kappa shape index (κ1) is 15.8. The van der Waals surface area contributed by atoms with Gasteiger partial charge in [0.25, 0.3) is 0 Å². The third-order valence-electron chi connectivity index (χ3n) is 3.14. The average molecular weight is 284 g/mol. The summed E-state index contributed by atoms with van der Waals surface area (Å²) in [5.41, 5.74) is 1.14. The molecule has 1 aromatic rings. The van der Waals surface area contributed by atoms with Gasteiger partial charge in [-0.2, -0.15) is 0 Å². The monoisotopic (exact) mass is 283 g/mol. The van der Waals surface area contributed by atoms with Gasteiger partial charge in [0, 0.05) is 18.3 Å². The maximum absolute atomic E-state index is 10.9. The fourth-order valence-corrected chi connectivity index (χ4v) is 2.33. The molecule has 106 valence electrons. The Morgan fingerprint density at radius 1 is 1.37 bits per heavy atom. The van der Waals surface area contributed by atoms with Crippen molar-refractivity contribution in [2.24, 2.45) is 0 Å². The van der Waals surface area contributed by atoms with Crippen LogP contribution >= 0.6 is 11.6 Å². The smallest absolute Gasteiger partial charge is 0.337 e. The Balaban J connectivity index is 2.90. The Kier molecular flexibility index (Phi) is 6.16. The van der Waals surface area contributed by atoms with Crippen molar-refractivity contribution in [3.63, 3.8) is 0 Å². The molecule has 3 nitrogen and oxygen atoms in total. The number of nitrogens with zero attached hydrogens (tertiary/aromatic N) is 1. The summed E-state index contributed by atoms with van der Waals surface area (Å²) in [6, 6.07) is 5.52. The quantitative estimate of drug-likeness (QED) is 0.752. The number of aromatic carboxylic acids is 1. The van der Waals surface area contributed by atoms with E-state index in [0.29, 0.717) is 11.1 Å². The van der Waals surface area contributed by atoms with Gasteiger partial charge in [0.2, 0.25) is 0 Å². The molecule has 0 bridgehead atoms. The topological polar surface area (TPSA) is 40.5 Å². The first-order valence-electron chi connectivity index (χ1n) is 6.76. The number of hydrogen-bond donors (Lipinski definition) is 1. The van der Waals surface area contributed by atoms with Crippen LogP contribution in [0.4, 0.5) is 5.69 Å². The second-order valence-electron chi connectivity index (χ2n) is 4.96. The summed E-state index contributed by atoms with van der Waals surface area (Å²) < 4.78 is 0. The molecule has 19 heavy (non-hydrogen) atoms. The van der Waals surface area contributed by atoms with Gasteiger partial charge < -0.3 is 10.0 Å². The first-order valence-corrected chi connectivity index (χ1v) is 7.14. The van der Waals surface area contributed by atoms with Gasteiger partial charge in [0.1, 0.15) is 0 Å². The molecule has 4 heteroatoms. The van der Waals surface area contributed by atoms with E-state index < -0.39 is 5.97 Å². The average Bonchev–Trinajstić information content (AvgIpc) is 2.33. The van der Waals surface area contributed by atoms with Crippen LogP contribution in [0.2, 0.25) is 5.02 Å². The summed E-state index contributed by atoms with van der Waals surface area (Å²) in [7, 11) is 0. The van der Waals surface area contributed by atoms with Crippen molar-refractivity contribution in [2.45, 2.75) is 46.1 Å². The van der Waals surface area contributed by atoms with Crippen molar-refractivity contribution in [3.8, 4) is 0 Å². The van der Waals surface area contributed by atoms with Crippen molar-refractivity contribution >= 4 is 23.3 Å². The SMILES string of the molecule is CCCCCN(c1ccc(C(=O)O)c(Cl)c1)C(C)C. The lowest BCUT2D eigenvalue weighted by molar-refractivity contribution is 0.0697. The third-order valence-corrected chi connectivity index (χ3v) is 3.45. The lowest BCUT2D eigenvalue weighted by Crippen LogP contribution is -2.31. The number of carboxylic acid groups (broad SMARTS) is 1. The maximum Gasteiger partial charge on any atom is 0.337 e. The van der Waals surface area contributed by atoms with Crippen LogP contribution in [0, 0.1) is 0 Å². The molecular weight excluding hydrogens is 262 g/mol. The zero-order valence-corrected chi connectivity index (χ0v) is 12.6. The van der Waals surface area contributed by atoms with Crippen molar-refractivity contribution in [1.29, 1.82) is 0 Å². The second-order valence-corrected chi connectivity index (χ2v) is 5.37. The molecule has 0 aliphatic heterocycles. The molecule has 1 aromatic carbocycles. The molecule has 1 N–H and O–H groups in total. The van der Waals surface area contributed by atoms with Crippen molar-refractivity contribution < 1.29 is 9.90 Å². The molecule has 0 saturated carbocycles. The molecule has 0 spiro atoms. The van der Waals surface area contributed by atoms with Gasteiger partial charge in [-0.05, 0) is 38.5 Å². The number of carboxylic acids is 1. The van der Waals surface area contributed by atoms with Crippen molar-refractivity contribution in [3.05, 3.63) is 28.8 Å². The Morgan fingerprint density at radius 2 is 2.05 bits per heavy atom. The molecule has 0 aromatic heterocycles. The number of anilines is 1. The van der Waals surface area contributed by atoms with Crippen LogP contribution in [0.25, 0.3) is 0 Å². The van der Waals surface area contributed by atoms with E-state index in [1.165, 1.54) is 12.8 Å². The van der Waals surface area contributed by atoms with Crippen molar-refractivity contribution in [2.75, 3.05) is 11.4 Å². The molecule has 0 heterocycles. The molecule has 0 amide bonds. The lowest BCUT2D eigenvalue weighted by Gasteiger charge is -2.29. The summed E-state index contributed by atoms with van der Waals surface area (Å²) in [5, 5.41) is 9.28. The lowest BCUT2D eigenvalue weighted by atomic mass is 10.1. The Labute approximate surface area is 120 Å². The van der Waals surface area contributed by atoms with Crippen molar-refractivity contribution in [1.82, 2.24) is 0 Å². The fourth-order valence-electron chi connectivity index (χ4n) is 2.07. The van der Waals surface area contributed by atoms with Gasteiger partial charge in [-0.25, -0.2) is 4.79 Å². The molecule has 0 saturated heterocycles. The van der Waals surface area contributed by atoms with Gasteiger partial charge in [0.15, 0.2) is 0 Å². The summed E-state index contributed by atoms with van der Waals surface area (Å²) in [4.78, 5) is 13.2. The standard InChI is InChI=1S/C15H22ClNO2/c1-4-5-6-9-17(11(2)3)12-7-8-13(15(18)19)14(16)10-12/h7-8,10-11H,4-6,9H2,1-3H3,(H,18,19). The number of halogens is 1. The zero-order valence-electron chi connectivity index (χ0n) is 11.8. The van der Waals surface area contributed by atoms with E-state index in [1.54, 1.807) is 12.1 Å². The second kappa shape index (κ2) is 7.39. The van der Waals surface area contributed by atoms with Gasteiger partial charge in [-0.15, -0.1) is 0 Å². The van der Waals surface area contributed by atoms with E-state index in [2.05, 4.69) is 25.7 Å². The van der Waals surface area contributed by atoms with E-state index in [9.17, 15) is 4.79 Å². The molecule has 0 unspecified atom stereocenters. The Morgan fingerprint density at radius 3 is 2.53 bits per heavy atom. The van der Waals surface area contributed by atoms with Crippen LogP contribution in [0.15, 0.2) is 18.2 Å². The molecule has 0 fully saturated rings. The van der Waals surface area contributed by atoms with Crippen LogP contribution in [-0.4, -0.2) is 23.7 Å². The highest BCUT2D eigenvalue weighted by molar-refractivity contribution is 6.33. The van der Waals surface area contributed by atoms with E-state index in [4.69, 9.17) is 16.7 Å². The summed E-state index contributed by atoms with van der Waals surface area (Å²) in [6.45, 7) is 7.41. The van der Waals surface area contributed by atoms with Crippen LogP contribution < -0.4 is 4.90 Å². The first-order chi connectivity index (χ1) is 8.97. The van der Waals surface area contributed by atoms with Crippen LogP contribution in [-0.2, 0) is 0 Å². The van der Waals surface area contributed by atoms with Gasteiger partial charge in [-0.3, -0.25) is 0 Å². The minimum absolute atomic E-state index is 0.155. The maximum atomic E-state index is 10.9. The molecule has 0 radical (unpaired) electrons. The fraction of sp³-hybridized carbons (Fsp3) is 0.533. The Bertz CT molecular complexity index is 432. The highest BCUT2D eigenvalue weighted by Crippen LogP contribution is 2.25.